The molecule has 1 aromatic carbocycles. The molecule has 13 heavy (non-hydrogen) atoms. The number of rotatable bonds is 1. The van der Waals surface area contributed by atoms with Crippen molar-refractivity contribution in [2.75, 3.05) is 18.0 Å². The molecule has 0 aromatic heterocycles. The zero-order valence-corrected chi connectivity index (χ0v) is 9.63. The Labute approximate surface area is 87.9 Å². The summed E-state index contributed by atoms with van der Waals surface area (Å²) >= 11 is 3.52. The Hall–Kier alpha value is -0.500. The number of hydrogen-bond donors (Lipinski definition) is 0. The van der Waals surface area contributed by atoms with Crippen molar-refractivity contribution in [1.29, 1.82) is 0 Å². The molecule has 1 saturated heterocycles. The summed E-state index contributed by atoms with van der Waals surface area (Å²) in [7, 11) is 0. The number of hydrogen-bond acceptors (Lipinski definition) is 1. The zero-order valence-electron chi connectivity index (χ0n) is 8.05. The first kappa shape index (κ1) is 9.07. The molecule has 1 heterocycles. The highest BCUT2D eigenvalue weighted by Gasteiger charge is 2.22. The van der Waals surface area contributed by atoms with Crippen molar-refractivity contribution in [3.8, 4) is 0 Å². The molecule has 0 radical (unpaired) electrons. The predicted octanol–water partition coefficient (Wildman–Crippen LogP) is 3.21. The van der Waals surface area contributed by atoms with Gasteiger partial charge in [-0.1, -0.05) is 22.9 Å². The van der Waals surface area contributed by atoms with Crippen LogP contribution >= 0.6 is 15.9 Å². The van der Waals surface area contributed by atoms with E-state index in [2.05, 4.69) is 52.9 Å². The second-order valence-electron chi connectivity index (χ2n) is 4.00. The van der Waals surface area contributed by atoms with Crippen LogP contribution in [0.3, 0.4) is 0 Å². The highest BCUT2D eigenvalue weighted by molar-refractivity contribution is 9.10. The third-order valence-electron chi connectivity index (χ3n) is 2.46. The van der Waals surface area contributed by atoms with Gasteiger partial charge in [0.05, 0.1) is 0 Å². The van der Waals surface area contributed by atoms with Gasteiger partial charge in [0.1, 0.15) is 0 Å². The number of nitrogens with zero attached hydrogens (tertiary/aromatic N) is 1. The molecule has 2 rings (SSSR count). The van der Waals surface area contributed by atoms with E-state index in [1.54, 1.807) is 0 Å². The summed E-state index contributed by atoms with van der Waals surface area (Å²) in [4.78, 5) is 2.42. The number of benzene rings is 1. The van der Waals surface area contributed by atoms with Crippen LogP contribution in [-0.2, 0) is 0 Å². The second kappa shape index (κ2) is 3.33. The summed E-state index contributed by atoms with van der Waals surface area (Å²) in [6.45, 7) is 6.84. The van der Waals surface area contributed by atoms with Crippen molar-refractivity contribution < 1.29 is 0 Å². The van der Waals surface area contributed by atoms with Crippen molar-refractivity contribution >= 4 is 21.6 Å². The second-order valence-corrected chi connectivity index (χ2v) is 4.91. The summed E-state index contributed by atoms with van der Waals surface area (Å²) < 4.78 is 1.18. The van der Waals surface area contributed by atoms with Crippen molar-refractivity contribution in [2.24, 2.45) is 5.92 Å². The Morgan fingerprint density at radius 1 is 1.31 bits per heavy atom. The minimum Gasteiger partial charge on any atom is -0.371 e. The molecule has 0 N–H and O–H groups in total. The molecular weight excluding hydrogens is 226 g/mol. The lowest BCUT2D eigenvalue weighted by molar-refractivity contribution is 0.447. The topological polar surface area (TPSA) is 3.24 Å². The van der Waals surface area contributed by atoms with Crippen LogP contribution in [0.5, 0.6) is 0 Å². The third kappa shape index (κ3) is 1.88. The van der Waals surface area contributed by atoms with Crippen LogP contribution in [0.15, 0.2) is 22.7 Å². The highest BCUT2D eigenvalue weighted by Crippen LogP contribution is 2.27. The van der Waals surface area contributed by atoms with E-state index in [0.717, 1.165) is 5.92 Å². The van der Waals surface area contributed by atoms with Gasteiger partial charge >= 0.3 is 0 Å². The Kier molecular flexibility index (Phi) is 2.33. The molecule has 1 aliphatic heterocycles. The maximum absolute atomic E-state index is 3.52. The number of halogens is 1. The van der Waals surface area contributed by atoms with E-state index in [4.69, 9.17) is 0 Å². The van der Waals surface area contributed by atoms with Crippen LogP contribution in [-0.4, -0.2) is 13.1 Å². The maximum Gasteiger partial charge on any atom is 0.0380 e. The molecule has 0 aliphatic carbocycles. The van der Waals surface area contributed by atoms with Gasteiger partial charge in [0.15, 0.2) is 0 Å². The Morgan fingerprint density at radius 2 is 2.00 bits per heavy atom. The van der Waals surface area contributed by atoms with Gasteiger partial charge in [-0.15, -0.1) is 0 Å². The van der Waals surface area contributed by atoms with Gasteiger partial charge in [0.2, 0.25) is 0 Å². The Morgan fingerprint density at radius 3 is 2.54 bits per heavy atom. The molecule has 1 aliphatic rings. The SMILES string of the molecule is Cc1cc(Br)cc(N2CC(C)C2)c1. The first-order valence-corrected chi connectivity index (χ1v) is 5.46. The normalized spacial score (nSPS) is 17.3. The molecule has 0 amide bonds. The zero-order chi connectivity index (χ0) is 9.42. The summed E-state index contributed by atoms with van der Waals surface area (Å²) in [6, 6.07) is 6.59. The Balaban J connectivity index is 2.21. The van der Waals surface area contributed by atoms with Gasteiger partial charge in [-0.3, -0.25) is 0 Å². The van der Waals surface area contributed by atoms with E-state index in [-0.39, 0.29) is 0 Å². The average Bonchev–Trinajstić information content (AvgIpc) is 1.96. The van der Waals surface area contributed by atoms with Crippen molar-refractivity contribution in [2.45, 2.75) is 13.8 Å². The molecule has 0 saturated carbocycles. The fourth-order valence-electron chi connectivity index (χ4n) is 1.81. The van der Waals surface area contributed by atoms with Gasteiger partial charge in [0, 0.05) is 23.2 Å². The lowest BCUT2D eigenvalue weighted by Crippen LogP contribution is -2.45. The fraction of sp³-hybridized carbons (Fsp3) is 0.455. The first-order valence-electron chi connectivity index (χ1n) is 4.67. The van der Waals surface area contributed by atoms with Crippen LogP contribution < -0.4 is 4.90 Å². The molecule has 0 unspecified atom stereocenters. The van der Waals surface area contributed by atoms with Crippen molar-refractivity contribution in [3.63, 3.8) is 0 Å². The molecular formula is C11H14BrN. The minimum atomic E-state index is 0.860. The van der Waals surface area contributed by atoms with Crippen LogP contribution in [0.1, 0.15) is 12.5 Å². The molecule has 0 atom stereocenters. The summed E-state index contributed by atoms with van der Waals surface area (Å²) in [5.74, 6) is 0.860. The number of anilines is 1. The first-order chi connectivity index (χ1) is 6.15. The monoisotopic (exact) mass is 239 g/mol. The lowest BCUT2D eigenvalue weighted by atomic mass is 10.0. The molecule has 1 nitrogen and oxygen atoms in total. The van der Waals surface area contributed by atoms with Crippen LogP contribution in [0, 0.1) is 12.8 Å². The maximum atomic E-state index is 3.52. The number of aryl methyl sites for hydroxylation is 1. The molecule has 70 valence electrons. The predicted molar refractivity (Wildman–Crippen MR) is 60.3 cm³/mol. The van der Waals surface area contributed by atoms with Gasteiger partial charge in [-0.2, -0.15) is 0 Å². The van der Waals surface area contributed by atoms with Crippen LogP contribution in [0.2, 0.25) is 0 Å². The smallest absolute Gasteiger partial charge is 0.0380 e. The van der Waals surface area contributed by atoms with E-state index in [1.807, 2.05) is 0 Å². The molecule has 1 aromatic rings. The van der Waals surface area contributed by atoms with Crippen LogP contribution in [0.25, 0.3) is 0 Å². The van der Waals surface area contributed by atoms with Gasteiger partial charge in [-0.05, 0) is 36.6 Å². The average molecular weight is 240 g/mol. The standard InChI is InChI=1S/C11H14BrN/c1-8-3-10(12)5-11(4-8)13-6-9(2)7-13/h3-5,9H,6-7H2,1-2H3. The largest absolute Gasteiger partial charge is 0.371 e. The van der Waals surface area contributed by atoms with E-state index in [9.17, 15) is 0 Å². The van der Waals surface area contributed by atoms with Gasteiger partial charge in [0.25, 0.3) is 0 Å². The Bertz CT molecular complexity index is 296. The molecule has 0 spiro atoms. The quantitative estimate of drug-likeness (QED) is 0.728. The molecule has 2 heteroatoms. The summed E-state index contributed by atoms with van der Waals surface area (Å²) in [5.41, 5.74) is 2.67. The summed E-state index contributed by atoms with van der Waals surface area (Å²) in [5, 5.41) is 0. The molecule has 1 fully saturated rings. The van der Waals surface area contributed by atoms with E-state index in [1.165, 1.54) is 28.8 Å². The van der Waals surface area contributed by atoms with Gasteiger partial charge < -0.3 is 4.90 Å². The van der Waals surface area contributed by atoms with E-state index >= 15 is 0 Å². The fourth-order valence-corrected chi connectivity index (χ4v) is 2.41. The van der Waals surface area contributed by atoms with Gasteiger partial charge in [-0.25, -0.2) is 0 Å². The van der Waals surface area contributed by atoms with Crippen molar-refractivity contribution in [1.82, 2.24) is 0 Å². The van der Waals surface area contributed by atoms with E-state index in [0.29, 0.717) is 0 Å². The van der Waals surface area contributed by atoms with Crippen LogP contribution in [0.4, 0.5) is 5.69 Å². The van der Waals surface area contributed by atoms with Crippen molar-refractivity contribution in [3.05, 3.63) is 28.2 Å². The highest BCUT2D eigenvalue weighted by atomic mass is 79.9. The summed E-state index contributed by atoms with van der Waals surface area (Å²) in [6.07, 6.45) is 0. The molecule has 0 bridgehead atoms. The third-order valence-corrected chi connectivity index (χ3v) is 2.91. The van der Waals surface area contributed by atoms with E-state index < -0.39 is 0 Å². The minimum absolute atomic E-state index is 0.860. The lowest BCUT2D eigenvalue weighted by Gasteiger charge is -2.39.